The van der Waals surface area contributed by atoms with E-state index in [0.29, 0.717) is 16.7 Å². The van der Waals surface area contributed by atoms with E-state index < -0.39 is 5.41 Å². The lowest BCUT2D eigenvalue weighted by Gasteiger charge is -2.07. The Balaban J connectivity index is 2.29. The SMILES string of the molecule is N#CC1(c2ccc3ncoc3c2O)CC1. The highest BCUT2D eigenvalue weighted by Gasteiger charge is 2.47. The van der Waals surface area contributed by atoms with Crippen LogP contribution in [-0.4, -0.2) is 10.1 Å². The fourth-order valence-corrected chi connectivity index (χ4v) is 1.87. The molecule has 1 heterocycles. The van der Waals surface area contributed by atoms with E-state index in [9.17, 15) is 5.11 Å². The van der Waals surface area contributed by atoms with Gasteiger partial charge in [0.05, 0.1) is 11.5 Å². The van der Waals surface area contributed by atoms with Gasteiger partial charge in [0.2, 0.25) is 0 Å². The van der Waals surface area contributed by atoms with Gasteiger partial charge in [-0.3, -0.25) is 0 Å². The van der Waals surface area contributed by atoms with Gasteiger partial charge >= 0.3 is 0 Å². The fraction of sp³-hybridized carbons (Fsp3) is 0.273. The molecule has 0 spiro atoms. The number of hydrogen-bond donors (Lipinski definition) is 1. The van der Waals surface area contributed by atoms with E-state index in [2.05, 4.69) is 11.1 Å². The Bertz CT molecular complexity index is 576. The molecule has 74 valence electrons. The van der Waals surface area contributed by atoms with E-state index >= 15 is 0 Å². The number of nitriles is 1. The third-order valence-electron chi connectivity index (χ3n) is 2.95. The van der Waals surface area contributed by atoms with Crippen LogP contribution in [0.1, 0.15) is 18.4 Å². The molecule has 3 rings (SSSR count). The van der Waals surface area contributed by atoms with Crippen LogP contribution in [0, 0.1) is 11.3 Å². The summed E-state index contributed by atoms with van der Waals surface area (Å²) in [5, 5.41) is 19.0. The van der Waals surface area contributed by atoms with Gasteiger partial charge in [0.1, 0.15) is 5.52 Å². The van der Waals surface area contributed by atoms with Crippen molar-refractivity contribution in [3.8, 4) is 11.8 Å². The zero-order chi connectivity index (χ0) is 10.5. The van der Waals surface area contributed by atoms with Crippen molar-refractivity contribution >= 4 is 11.1 Å². The van der Waals surface area contributed by atoms with Crippen molar-refractivity contribution in [2.75, 3.05) is 0 Å². The van der Waals surface area contributed by atoms with Crippen molar-refractivity contribution in [1.29, 1.82) is 5.26 Å². The maximum absolute atomic E-state index is 9.96. The van der Waals surface area contributed by atoms with Crippen LogP contribution in [-0.2, 0) is 5.41 Å². The summed E-state index contributed by atoms with van der Waals surface area (Å²) >= 11 is 0. The van der Waals surface area contributed by atoms with Crippen LogP contribution in [0.2, 0.25) is 0 Å². The monoisotopic (exact) mass is 200 g/mol. The molecule has 0 amide bonds. The number of fused-ring (bicyclic) bond motifs is 1. The zero-order valence-electron chi connectivity index (χ0n) is 7.90. The van der Waals surface area contributed by atoms with Crippen LogP contribution in [0.5, 0.6) is 5.75 Å². The van der Waals surface area contributed by atoms with E-state index in [-0.39, 0.29) is 5.75 Å². The number of hydrogen-bond acceptors (Lipinski definition) is 4. The molecule has 1 saturated carbocycles. The van der Waals surface area contributed by atoms with Gasteiger partial charge in [-0.25, -0.2) is 4.98 Å². The first-order valence-electron chi connectivity index (χ1n) is 4.74. The Morgan fingerprint density at radius 1 is 1.47 bits per heavy atom. The van der Waals surface area contributed by atoms with Crippen molar-refractivity contribution in [1.82, 2.24) is 4.98 Å². The Morgan fingerprint density at radius 3 is 2.93 bits per heavy atom. The van der Waals surface area contributed by atoms with Gasteiger partial charge in [-0.05, 0) is 18.9 Å². The van der Waals surface area contributed by atoms with Gasteiger partial charge in [0.25, 0.3) is 0 Å². The third-order valence-corrected chi connectivity index (χ3v) is 2.95. The molecule has 2 aromatic rings. The van der Waals surface area contributed by atoms with Crippen molar-refractivity contribution in [3.63, 3.8) is 0 Å². The summed E-state index contributed by atoms with van der Waals surface area (Å²) in [5.74, 6) is 0.0593. The summed E-state index contributed by atoms with van der Waals surface area (Å²) in [7, 11) is 0. The molecule has 4 heteroatoms. The predicted molar refractivity (Wildman–Crippen MR) is 52.2 cm³/mol. The Morgan fingerprint density at radius 2 is 2.27 bits per heavy atom. The quantitative estimate of drug-likeness (QED) is 0.765. The maximum Gasteiger partial charge on any atom is 0.196 e. The minimum atomic E-state index is -0.495. The van der Waals surface area contributed by atoms with Crippen molar-refractivity contribution in [2.24, 2.45) is 0 Å². The third kappa shape index (κ3) is 0.975. The Kier molecular flexibility index (Phi) is 1.39. The first-order chi connectivity index (χ1) is 7.27. The van der Waals surface area contributed by atoms with Crippen LogP contribution < -0.4 is 0 Å². The van der Waals surface area contributed by atoms with Crippen LogP contribution in [0.25, 0.3) is 11.1 Å². The lowest BCUT2D eigenvalue weighted by molar-refractivity contribution is 0.455. The topological polar surface area (TPSA) is 70.0 Å². The largest absolute Gasteiger partial charge is 0.504 e. The average Bonchev–Trinajstić information content (AvgIpc) is 2.89. The molecule has 1 N–H and O–H groups in total. The molecule has 4 nitrogen and oxygen atoms in total. The Labute approximate surface area is 85.8 Å². The van der Waals surface area contributed by atoms with E-state index in [1.54, 1.807) is 12.1 Å². The van der Waals surface area contributed by atoms with E-state index in [1.807, 2.05) is 0 Å². The molecule has 1 fully saturated rings. The van der Waals surface area contributed by atoms with Gasteiger partial charge in [0, 0.05) is 5.56 Å². The number of oxazole rings is 1. The number of nitrogens with zero attached hydrogens (tertiary/aromatic N) is 2. The number of phenolic OH excluding ortho intramolecular Hbond substituents is 1. The molecule has 0 radical (unpaired) electrons. The zero-order valence-corrected chi connectivity index (χ0v) is 7.90. The highest BCUT2D eigenvalue weighted by atomic mass is 16.4. The molecule has 1 aliphatic rings. The van der Waals surface area contributed by atoms with Gasteiger partial charge in [-0.1, -0.05) is 6.07 Å². The molecule has 0 bridgehead atoms. The second-order valence-corrected chi connectivity index (χ2v) is 3.86. The smallest absolute Gasteiger partial charge is 0.196 e. The number of aromatic hydroxyl groups is 1. The van der Waals surface area contributed by atoms with E-state index in [1.165, 1.54) is 6.39 Å². The first-order valence-corrected chi connectivity index (χ1v) is 4.74. The van der Waals surface area contributed by atoms with Gasteiger partial charge in [-0.2, -0.15) is 5.26 Å². The van der Waals surface area contributed by atoms with Gasteiger partial charge in [-0.15, -0.1) is 0 Å². The van der Waals surface area contributed by atoms with Crippen molar-refractivity contribution in [2.45, 2.75) is 18.3 Å². The summed E-state index contributed by atoms with van der Waals surface area (Å²) in [6.07, 6.45) is 2.90. The number of phenols is 1. The summed E-state index contributed by atoms with van der Waals surface area (Å²) < 4.78 is 5.09. The van der Waals surface area contributed by atoms with Gasteiger partial charge in [0.15, 0.2) is 17.7 Å². The molecule has 0 aliphatic heterocycles. The fourth-order valence-electron chi connectivity index (χ4n) is 1.87. The molecular formula is C11H8N2O2. The summed E-state index contributed by atoms with van der Waals surface area (Å²) in [5.41, 5.74) is 1.15. The highest BCUT2D eigenvalue weighted by Crippen LogP contribution is 2.51. The normalized spacial score (nSPS) is 17.5. The minimum Gasteiger partial charge on any atom is -0.504 e. The van der Waals surface area contributed by atoms with Crippen LogP contribution >= 0.6 is 0 Å². The highest BCUT2D eigenvalue weighted by molar-refractivity contribution is 5.81. The van der Waals surface area contributed by atoms with Crippen molar-refractivity contribution in [3.05, 3.63) is 24.1 Å². The molecule has 1 aromatic carbocycles. The first kappa shape index (κ1) is 8.30. The van der Waals surface area contributed by atoms with Crippen LogP contribution in [0.4, 0.5) is 0 Å². The number of rotatable bonds is 1. The minimum absolute atomic E-state index is 0.0593. The maximum atomic E-state index is 9.96. The molecule has 15 heavy (non-hydrogen) atoms. The predicted octanol–water partition coefficient (Wildman–Crippen LogP) is 2.09. The molecular weight excluding hydrogens is 192 g/mol. The number of benzene rings is 1. The number of aromatic nitrogens is 1. The Hall–Kier alpha value is -2.02. The van der Waals surface area contributed by atoms with Gasteiger partial charge < -0.3 is 9.52 Å². The summed E-state index contributed by atoms with van der Waals surface area (Å²) in [6, 6.07) is 5.77. The van der Waals surface area contributed by atoms with Crippen LogP contribution in [0.3, 0.4) is 0 Å². The molecule has 0 atom stereocenters. The van der Waals surface area contributed by atoms with Crippen LogP contribution in [0.15, 0.2) is 22.9 Å². The van der Waals surface area contributed by atoms with E-state index in [4.69, 9.17) is 9.68 Å². The lowest BCUT2D eigenvalue weighted by Crippen LogP contribution is -2.02. The molecule has 1 aliphatic carbocycles. The average molecular weight is 200 g/mol. The molecule has 1 aromatic heterocycles. The second kappa shape index (κ2) is 2.51. The van der Waals surface area contributed by atoms with E-state index in [0.717, 1.165) is 12.8 Å². The lowest BCUT2D eigenvalue weighted by atomic mass is 9.96. The summed E-state index contributed by atoms with van der Waals surface area (Å²) in [6.45, 7) is 0. The molecule has 0 saturated heterocycles. The van der Waals surface area contributed by atoms with Crippen molar-refractivity contribution < 1.29 is 9.52 Å². The standard InChI is InChI=1S/C11H8N2O2/c12-5-11(3-4-11)7-1-2-8-10(9(7)14)15-6-13-8/h1-2,6,14H,3-4H2. The molecule has 0 unspecified atom stereocenters. The second-order valence-electron chi connectivity index (χ2n) is 3.86. The summed E-state index contributed by atoms with van der Waals surface area (Å²) in [4.78, 5) is 3.94.